The predicted molar refractivity (Wildman–Crippen MR) is 53.8 cm³/mol. The Morgan fingerprint density at radius 3 is 2.50 bits per heavy atom. The third kappa shape index (κ3) is 3.16. The molecule has 0 spiro atoms. The van der Waals surface area contributed by atoms with Crippen molar-refractivity contribution in [2.24, 2.45) is 0 Å². The zero-order chi connectivity index (χ0) is 10.6. The van der Waals surface area contributed by atoms with Gasteiger partial charge in [-0.25, -0.2) is 0 Å². The van der Waals surface area contributed by atoms with Gasteiger partial charge in [-0.1, -0.05) is 6.92 Å². The Morgan fingerprint density at radius 1 is 1.36 bits per heavy atom. The normalized spacial score (nSPS) is 12.0. The molecule has 1 heterocycles. The van der Waals surface area contributed by atoms with E-state index in [9.17, 15) is 0 Å². The molecule has 0 radical (unpaired) electrons. The number of ether oxygens (including phenoxy) is 1. The van der Waals surface area contributed by atoms with E-state index >= 15 is 0 Å². The average Bonchev–Trinajstić information content (AvgIpc) is 2.63. The molecule has 1 N–H and O–H groups in total. The van der Waals surface area contributed by atoms with Crippen LogP contribution in [0.3, 0.4) is 0 Å². The van der Waals surface area contributed by atoms with Crippen LogP contribution >= 0.6 is 0 Å². The average molecular weight is 198 g/mol. The summed E-state index contributed by atoms with van der Waals surface area (Å²) in [5, 5.41) is 8.79. The maximum absolute atomic E-state index is 8.79. The third-order valence-corrected chi connectivity index (χ3v) is 2.33. The van der Waals surface area contributed by atoms with Crippen molar-refractivity contribution < 1.29 is 14.3 Å². The van der Waals surface area contributed by atoms with Gasteiger partial charge in [0, 0.05) is 0 Å². The fourth-order valence-corrected chi connectivity index (χ4v) is 0.953. The first-order valence-electron chi connectivity index (χ1n) is 4.90. The van der Waals surface area contributed by atoms with Crippen LogP contribution in [-0.2, 0) is 18.0 Å². The smallest absolute Gasteiger partial charge is 0.130 e. The summed E-state index contributed by atoms with van der Waals surface area (Å²) in [6.45, 7) is 6.57. The Labute approximate surface area is 84.7 Å². The first-order valence-corrected chi connectivity index (χ1v) is 4.90. The largest absolute Gasteiger partial charge is 0.461 e. The zero-order valence-corrected chi connectivity index (χ0v) is 9.04. The highest BCUT2D eigenvalue weighted by atomic mass is 16.5. The highest BCUT2D eigenvalue weighted by molar-refractivity contribution is 5.05. The molecule has 14 heavy (non-hydrogen) atoms. The van der Waals surface area contributed by atoms with Gasteiger partial charge in [-0.05, 0) is 32.4 Å². The van der Waals surface area contributed by atoms with Crippen LogP contribution in [0.4, 0.5) is 0 Å². The highest BCUT2D eigenvalue weighted by Gasteiger charge is 2.15. The lowest BCUT2D eigenvalue weighted by atomic mass is 10.1. The molecule has 0 aliphatic carbocycles. The number of aliphatic hydroxyl groups excluding tert-OH is 1. The number of rotatable bonds is 5. The number of hydrogen-bond donors (Lipinski definition) is 1. The zero-order valence-electron chi connectivity index (χ0n) is 9.04. The molecule has 0 saturated carbocycles. The molecule has 0 aromatic carbocycles. The fourth-order valence-electron chi connectivity index (χ4n) is 0.953. The standard InChI is InChI=1S/C11H18O3/c1-4-11(2,3)13-8-10-6-5-9(7-12)14-10/h5-6,12H,4,7-8H2,1-3H3. The van der Waals surface area contributed by atoms with Gasteiger partial charge in [0.25, 0.3) is 0 Å². The van der Waals surface area contributed by atoms with Gasteiger partial charge in [-0.2, -0.15) is 0 Å². The van der Waals surface area contributed by atoms with Crippen LogP contribution in [0.1, 0.15) is 38.7 Å². The highest BCUT2D eigenvalue weighted by Crippen LogP contribution is 2.17. The van der Waals surface area contributed by atoms with E-state index in [4.69, 9.17) is 14.3 Å². The molecule has 3 heteroatoms. The third-order valence-electron chi connectivity index (χ3n) is 2.33. The second-order valence-corrected chi connectivity index (χ2v) is 3.93. The Balaban J connectivity index is 2.45. The quantitative estimate of drug-likeness (QED) is 0.790. The van der Waals surface area contributed by atoms with Crippen LogP contribution in [0.2, 0.25) is 0 Å². The van der Waals surface area contributed by atoms with Crippen molar-refractivity contribution in [2.45, 2.75) is 46.0 Å². The van der Waals surface area contributed by atoms with Crippen molar-refractivity contribution in [2.75, 3.05) is 0 Å². The van der Waals surface area contributed by atoms with Crippen LogP contribution < -0.4 is 0 Å². The van der Waals surface area contributed by atoms with Crippen molar-refractivity contribution >= 4 is 0 Å². The van der Waals surface area contributed by atoms with E-state index in [1.54, 1.807) is 6.07 Å². The van der Waals surface area contributed by atoms with Gasteiger partial charge in [0.1, 0.15) is 24.7 Å². The van der Waals surface area contributed by atoms with Crippen molar-refractivity contribution in [1.29, 1.82) is 0 Å². The number of furan rings is 1. The van der Waals surface area contributed by atoms with E-state index in [1.165, 1.54) is 0 Å². The minimum atomic E-state index is -0.119. The van der Waals surface area contributed by atoms with Gasteiger partial charge < -0.3 is 14.3 Å². The van der Waals surface area contributed by atoms with E-state index in [1.807, 2.05) is 19.9 Å². The summed E-state index contributed by atoms with van der Waals surface area (Å²) in [7, 11) is 0. The van der Waals surface area contributed by atoms with Crippen molar-refractivity contribution in [1.82, 2.24) is 0 Å². The van der Waals surface area contributed by atoms with E-state index in [2.05, 4.69) is 6.92 Å². The molecular formula is C11H18O3. The molecule has 80 valence electrons. The Kier molecular flexibility index (Phi) is 3.72. The van der Waals surface area contributed by atoms with Gasteiger partial charge in [0.05, 0.1) is 5.60 Å². The summed E-state index contributed by atoms with van der Waals surface area (Å²) in [5.41, 5.74) is -0.119. The molecule has 0 saturated heterocycles. The Bertz CT molecular complexity index is 276. The second-order valence-electron chi connectivity index (χ2n) is 3.93. The molecule has 0 fully saturated rings. The maximum atomic E-state index is 8.79. The number of aliphatic hydroxyl groups is 1. The van der Waals surface area contributed by atoms with Crippen LogP contribution in [0, 0.1) is 0 Å². The summed E-state index contributed by atoms with van der Waals surface area (Å²) in [6.07, 6.45) is 0.959. The first-order chi connectivity index (χ1) is 6.57. The first kappa shape index (κ1) is 11.3. The summed E-state index contributed by atoms with van der Waals surface area (Å²) < 4.78 is 10.9. The summed E-state index contributed by atoms with van der Waals surface area (Å²) in [6, 6.07) is 3.59. The van der Waals surface area contributed by atoms with Gasteiger partial charge >= 0.3 is 0 Å². The Morgan fingerprint density at radius 2 is 2.00 bits per heavy atom. The van der Waals surface area contributed by atoms with Gasteiger partial charge in [-0.3, -0.25) is 0 Å². The number of hydrogen-bond acceptors (Lipinski definition) is 3. The van der Waals surface area contributed by atoms with E-state index in [0.717, 1.165) is 12.2 Å². The molecule has 0 bridgehead atoms. The molecule has 0 atom stereocenters. The van der Waals surface area contributed by atoms with Crippen molar-refractivity contribution in [3.8, 4) is 0 Å². The van der Waals surface area contributed by atoms with Crippen LogP contribution in [-0.4, -0.2) is 10.7 Å². The molecule has 3 nitrogen and oxygen atoms in total. The monoisotopic (exact) mass is 198 g/mol. The lowest BCUT2D eigenvalue weighted by molar-refractivity contribution is -0.0388. The molecule has 1 aromatic heterocycles. The van der Waals surface area contributed by atoms with Crippen LogP contribution in [0.5, 0.6) is 0 Å². The second kappa shape index (κ2) is 4.62. The maximum Gasteiger partial charge on any atom is 0.130 e. The molecule has 1 rings (SSSR count). The summed E-state index contributed by atoms with van der Waals surface area (Å²) in [4.78, 5) is 0. The van der Waals surface area contributed by atoms with Gasteiger partial charge in [0.2, 0.25) is 0 Å². The van der Waals surface area contributed by atoms with Crippen LogP contribution in [0.25, 0.3) is 0 Å². The lowest BCUT2D eigenvalue weighted by Gasteiger charge is -2.22. The van der Waals surface area contributed by atoms with E-state index in [0.29, 0.717) is 12.4 Å². The molecule has 0 aliphatic rings. The minimum Gasteiger partial charge on any atom is -0.461 e. The molecule has 1 aromatic rings. The van der Waals surface area contributed by atoms with Gasteiger partial charge in [0.15, 0.2) is 0 Å². The van der Waals surface area contributed by atoms with Crippen LogP contribution in [0.15, 0.2) is 16.5 Å². The van der Waals surface area contributed by atoms with E-state index < -0.39 is 0 Å². The van der Waals surface area contributed by atoms with Crippen molar-refractivity contribution in [3.63, 3.8) is 0 Å². The lowest BCUT2D eigenvalue weighted by Crippen LogP contribution is -2.22. The van der Waals surface area contributed by atoms with Gasteiger partial charge in [-0.15, -0.1) is 0 Å². The minimum absolute atomic E-state index is 0.0584. The molecule has 0 aliphatic heterocycles. The predicted octanol–water partition coefficient (Wildman–Crippen LogP) is 2.48. The van der Waals surface area contributed by atoms with Crippen molar-refractivity contribution in [3.05, 3.63) is 23.7 Å². The SMILES string of the molecule is CCC(C)(C)OCc1ccc(CO)o1. The molecule has 0 unspecified atom stereocenters. The summed E-state index contributed by atoms with van der Waals surface area (Å²) >= 11 is 0. The molecular weight excluding hydrogens is 180 g/mol. The molecule has 0 amide bonds. The topological polar surface area (TPSA) is 42.6 Å². The fraction of sp³-hybridized carbons (Fsp3) is 0.636. The summed E-state index contributed by atoms with van der Waals surface area (Å²) in [5.74, 6) is 1.34. The Hall–Kier alpha value is -0.800. The van der Waals surface area contributed by atoms with E-state index in [-0.39, 0.29) is 12.2 Å².